The van der Waals surface area contributed by atoms with E-state index in [0.717, 1.165) is 16.7 Å². The molecule has 2 aromatic carbocycles. The summed E-state index contributed by atoms with van der Waals surface area (Å²) >= 11 is 0. The van der Waals surface area contributed by atoms with E-state index in [1.54, 1.807) is 20.3 Å². The number of nitrogens with one attached hydrogen (secondary N) is 1. The molecule has 0 heterocycles. The molecule has 0 saturated heterocycles. The summed E-state index contributed by atoms with van der Waals surface area (Å²) in [7, 11) is 3.13. The molecule has 0 aliphatic rings. The molecule has 0 saturated carbocycles. The third kappa shape index (κ3) is 6.25. The van der Waals surface area contributed by atoms with E-state index in [2.05, 4.69) is 52.1 Å². The summed E-state index contributed by atoms with van der Waals surface area (Å²) in [6, 6.07) is 9.46. The minimum Gasteiger partial charge on any atom is -0.507 e. The van der Waals surface area contributed by atoms with Crippen molar-refractivity contribution in [3.8, 4) is 17.2 Å². The van der Waals surface area contributed by atoms with Gasteiger partial charge in [0, 0.05) is 12.0 Å². The van der Waals surface area contributed by atoms with Gasteiger partial charge in [-0.1, -0.05) is 59.7 Å². The van der Waals surface area contributed by atoms with Crippen molar-refractivity contribution in [2.45, 2.75) is 65.2 Å². The number of nitrogens with zero attached hydrogens (tertiary/aromatic N) is 1. The number of ether oxygens (including phenoxy) is 2. The molecule has 0 fully saturated rings. The lowest BCUT2D eigenvalue weighted by atomic mass is 9.78. The van der Waals surface area contributed by atoms with Crippen molar-refractivity contribution in [2.24, 2.45) is 5.10 Å². The second-order valence-electron chi connectivity index (χ2n) is 9.92. The number of rotatable bonds is 7. The van der Waals surface area contributed by atoms with Gasteiger partial charge < -0.3 is 14.6 Å². The van der Waals surface area contributed by atoms with Gasteiger partial charge in [0.15, 0.2) is 11.5 Å². The van der Waals surface area contributed by atoms with Crippen LogP contribution in [0.5, 0.6) is 17.2 Å². The Hall–Kier alpha value is -3.02. The maximum atomic E-state index is 12.4. The molecule has 0 aliphatic heterocycles. The number of methoxy groups -OCH3 is 2. The van der Waals surface area contributed by atoms with Gasteiger partial charge in [0.1, 0.15) is 5.75 Å². The summed E-state index contributed by atoms with van der Waals surface area (Å²) in [5.74, 6) is 1.31. The van der Waals surface area contributed by atoms with Crippen molar-refractivity contribution >= 4 is 12.1 Å². The van der Waals surface area contributed by atoms with Crippen LogP contribution >= 0.6 is 0 Å². The Labute approximate surface area is 191 Å². The van der Waals surface area contributed by atoms with Gasteiger partial charge in [-0.2, -0.15) is 5.10 Å². The Morgan fingerprint density at radius 2 is 1.62 bits per heavy atom. The van der Waals surface area contributed by atoms with Gasteiger partial charge in [0.2, 0.25) is 5.91 Å². The third-order valence-corrected chi connectivity index (χ3v) is 5.25. The van der Waals surface area contributed by atoms with Crippen LogP contribution in [0.3, 0.4) is 0 Å². The minimum absolute atomic E-state index is 0.189. The van der Waals surface area contributed by atoms with E-state index in [4.69, 9.17) is 9.47 Å². The first kappa shape index (κ1) is 25.2. The molecule has 1 amide bonds. The summed E-state index contributed by atoms with van der Waals surface area (Å²) in [5.41, 5.74) is 5.67. The number of carbonyl (C=O) groups excluding carboxylic acids is 1. The van der Waals surface area contributed by atoms with E-state index in [1.165, 1.54) is 6.21 Å². The molecule has 0 aromatic heterocycles. The second kappa shape index (κ2) is 10.1. The molecule has 0 aliphatic carbocycles. The first-order valence-corrected chi connectivity index (χ1v) is 10.8. The molecule has 2 rings (SSSR count). The summed E-state index contributed by atoms with van der Waals surface area (Å²) in [6.07, 6.45) is 2.37. The van der Waals surface area contributed by atoms with Gasteiger partial charge in [-0.15, -0.1) is 0 Å². The zero-order valence-corrected chi connectivity index (χ0v) is 20.5. The Morgan fingerprint density at radius 3 is 2.12 bits per heavy atom. The smallest absolute Gasteiger partial charge is 0.240 e. The van der Waals surface area contributed by atoms with Crippen LogP contribution in [0, 0.1) is 0 Å². The molecule has 6 heteroatoms. The third-order valence-electron chi connectivity index (χ3n) is 5.25. The monoisotopic (exact) mass is 440 g/mol. The quantitative estimate of drug-likeness (QED) is 0.464. The molecule has 0 atom stereocenters. The summed E-state index contributed by atoms with van der Waals surface area (Å²) in [6.45, 7) is 12.5. The number of hydrogen-bond acceptors (Lipinski definition) is 5. The molecule has 0 unspecified atom stereocenters. The van der Waals surface area contributed by atoms with Gasteiger partial charge in [0.05, 0.1) is 20.4 Å². The fraction of sp³-hybridized carbons (Fsp3) is 0.462. The van der Waals surface area contributed by atoms with Crippen molar-refractivity contribution in [1.82, 2.24) is 5.43 Å². The average Bonchev–Trinajstić information content (AvgIpc) is 2.70. The number of phenolic OH excluding ortho intramolecular Hbond substituents is 1. The highest BCUT2D eigenvalue weighted by Gasteiger charge is 2.26. The van der Waals surface area contributed by atoms with E-state index in [1.807, 2.05) is 24.3 Å². The fourth-order valence-electron chi connectivity index (χ4n) is 3.48. The zero-order chi connectivity index (χ0) is 24.1. The number of phenols is 1. The van der Waals surface area contributed by atoms with Crippen LogP contribution in [-0.4, -0.2) is 31.4 Å². The number of para-hydroxylation sites is 1. The van der Waals surface area contributed by atoms with Crippen LogP contribution in [0.2, 0.25) is 0 Å². The number of benzene rings is 2. The van der Waals surface area contributed by atoms with E-state index in [-0.39, 0.29) is 23.2 Å². The van der Waals surface area contributed by atoms with Crippen molar-refractivity contribution in [1.29, 1.82) is 0 Å². The minimum atomic E-state index is -0.206. The number of hydrogen-bond donors (Lipinski definition) is 2. The van der Waals surface area contributed by atoms with Crippen molar-refractivity contribution in [3.05, 3.63) is 52.6 Å². The van der Waals surface area contributed by atoms with Crippen LogP contribution in [0.4, 0.5) is 0 Å². The Balaban J connectivity index is 2.13. The molecule has 2 N–H and O–H groups in total. The lowest BCUT2D eigenvalue weighted by Gasteiger charge is -2.28. The number of amides is 1. The van der Waals surface area contributed by atoms with Crippen LogP contribution in [0.25, 0.3) is 0 Å². The molecule has 0 bridgehead atoms. The first-order valence-electron chi connectivity index (χ1n) is 10.8. The largest absolute Gasteiger partial charge is 0.507 e. The SMILES string of the molecule is COc1cccc(/C=N/NC(=O)CCc2cc(C(C)(C)C)c(O)c(C(C)(C)C)c2)c1OC. The van der Waals surface area contributed by atoms with E-state index in [0.29, 0.717) is 29.2 Å². The van der Waals surface area contributed by atoms with Gasteiger partial charge in [0.25, 0.3) is 0 Å². The van der Waals surface area contributed by atoms with Crippen LogP contribution in [0.1, 0.15) is 70.2 Å². The summed E-state index contributed by atoms with van der Waals surface area (Å²) in [4.78, 5) is 12.4. The van der Waals surface area contributed by atoms with Crippen molar-refractivity contribution in [2.75, 3.05) is 14.2 Å². The molecule has 6 nitrogen and oxygen atoms in total. The number of aryl methyl sites for hydroxylation is 1. The van der Waals surface area contributed by atoms with Gasteiger partial charge in [-0.25, -0.2) is 5.43 Å². The van der Waals surface area contributed by atoms with E-state index in [9.17, 15) is 9.90 Å². The second-order valence-corrected chi connectivity index (χ2v) is 9.92. The highest BCUT2D eigenvalue weighted by molar-refractivity contribution is 5.86. The molecular formula is C26H36N2O4. The number of hydrazone groups is 1. The highest BCUT2D eigenvalue weighted by atomic mass is 16.5. The van der Waals surface area contributed by atoms with Crippen molar-refractivity contribution in [3.63, 3.8) is 0 Å². The predicted molar refractivity (Wildman–Crippen MR) is 129 cm³/mol. The molecule has 174 valence electrons. The summed E-state index contributed by atoms with van der Waals surface area (Å²) < 4.78 is 10.6. The predicted octanol–water partition coefficient (Wildman–Crippen LogP) is 5.09. The van der Waals surface area contributed by atoms with Crippen molar-refractivity contribution < 1.29 is 19.4 Å². The highest BCUT2D eigenvalue weighted by Crippen LogP contribution is 2.40. The first-order chi connectivity index (χ1) is 14.9. The van der Waals surface area contributed by atoms with Crippen LogP contribution in [0.15, 0.2) is 35.4 Å². The molecule has 32 heavy (non-hydrogen) atoms. The van der Waals surface area contributed by atoms with E-state index < -0.39 is 0 Å². The number of carbonyl (C=O) groups is 1. The standard InChI is InChI=1S/C26H36N2O4/c1-25(2,3)19-14-17(15-20(23(19)30)26(4,5)6)12-13-22(29)28-27-16-18-10-9-11-21(31-7)24(18)32-8/h9-11,14-16,30H,12-13H2,1-8H3,(H,28,29)/b27-16+. The lowest BCUT2D eigenvalue weighted by molar-refractivity contribution is -0.121. The lowest BCUT2D eigenvalue weighted by Crippen LogP contribution is -2.20. The maximum absolute atomic E-state index is 12.4. The topological polar surface area (TPSA) is 80.2 Å². The maximum Gasteiger partial charge on any atom is 0.240 e. The Kier molecular flexibility index (Phi) is 7.94. The molecule has 0 radical (unpaired) electrons. The molecular weight excluding hydrogens is 404 g/mol. The zero-order valence-electron chi connectivity index (χ0n) is 20.5. The Morgan fingerprint density at radius 1 is 1.03 bits per heavy atom. The fourth-order valence-corrected chi connectivity index (χ4v) is 3.48. The average molecular weight is 441 g/mol. The van der Waals surface area contributed by atoms with E-state index >= 15 is 0 Å². The number of aromatic hydroxyl groups is 1. The summed E-state index contributed by atoms with van der Waals surface area (Å²) in [5, 5.41) is 14.9. The molecule has 0 spiro atoms. The normalized spacial score (nSPS) is 12.1. The Bertz CT molecular complexity index is 947. The van der Waals surface area contributed by atoms with Gasteiger partial charge >= 0.3 is 0 Å². The van der Waals surface area contributed by atoms with Gasteiger partial charge in [-0.05, 0) is 46.1 Å². The van der Waals surface area contributed by atoms with Gasteiger partial charge in [-0.3, -0.25) is 4.79 Å². The van der Waals surface area contributed by atoms with Crippen LogP contribution in [-0.2, 0) is 22.0 Å². The molecule has 2 aromatic rings. The van der Waals surface area contributed by atoms with Crippen LogP contribution < -0.4 is 14.9 Å².